The van der Waals surface area contributed by atoms with Gasteiger partial charge in [0.25, 0.3) is 0 Å². The maximum atomic E-state index is 11.7. The van der Waals surface area contributed by atoms with Crippen LogP contribution in [0, 0.1) is 19.8 Å². The van der Waals surface area contributed by atoms with Gasteiger partial charge in [-0.15, -0.1) is 0 Å². The molecule has 0 bridgehead atoms. The molecule has 0 aliphatic carbocycles. The van der Waals surface area contributed by atoms with Gasteiger partial charge >= 0.3 is 0 Å². The molecule has 2 aromatic carbocycles. The summed E-state index contributed by atoms with van der Waals surface area (Å²) >= 11 is 7.70. The van der Waals surface area contributed by atoms with Crippen LogP contribution in [0.4, 0.5) is 0 Å². The maximum Gasteiger partial charge on any atom is 0.166 e. The first-order valence-electron chi connectivity index (χ1n) is 12.0. The van der Waals surface area contributed by atoms with Gasteiger partial charge in [0.2, 0.25) is 0 Å². The second kappa shape index (κ2) is 18.5. The van der Waals surface area contributed by atoms with E-state index in [1.165, 1.54) is 35.7 Å². The molecule has 0 amide bonds. The largest absolute Gasteiger partial charge is 0.396 e. The molecular weight excluding hydrogens is 460 g/mol. The van der Waals surface area contributed by atoms with Crippen LogP contribution in [-0.2, 0) is 11.2 Å². The number of carbonyl (C=O) groups is 1. The lowest BCUT2D eigenvalue weighted by Gasteiger charge is -2.10. The number of aliphatic hydroxyl groups excluding tert-OH is 1. The molecule has 0 saturated heterocycles. The third-order valence-electron chi connectivity index (χ3n) is 5.15. The molecule has 188 valence electrons. The van der Waals surface area contributed by atoms with Crippen molar-refractivity contribution in [2.75, 3.05) is 6.61 Å². The summed E-state index contributed by atoms with van der Waals surface area (Å²) in [4.78, 5) is 13.2. The second-order valence-electron chi connectivity index (χ2n) is 8.63. The molecule has 2 aromatic rings. The molecule has 1 N–H and O–H groups in total. The molecule has 0 spiro atoms. The quantitative estimate of drug-likeness (QED) is 0.347. The second-order valence-corrected chi connectivity index (χ2v) is 10.4. The van der Waals surface area contributed by atoms with Crippen LogP contribution in [0.3, 0.4) is 0 Å². The minimum Gasteiger partial charge on any atom is -0.396 e. The van der Waals surface area contributed by atoms with Crippen molar-refractivity contribution in [3.63, 3.8) is 0 Å². The highest BCUT2D eigenvalue weighted by Crippen LogP contribution is 2.28. The Morgan fingerprint density at radius 2 is 1.65 bits per heavy atom. The number of hydrogen-bond donors (Lipinski definition) is 1. The van der Waals surface area contributed by atoms with Crippen LogP contribution in [0.1, 0.15) is 76.1 Å². The Morgan fingerprint density at radius 3 is 2.03 bits per heavy atom. The molecule has 0 radical (unpaired) electrons. The van der Waals surface area contributed by atoms with E-state index in [2.05, 4.69) is 58.5 Å². The van der Waals surface area contributed by atoms with Gasteiger partial charge in [-0.3, -0.25) is 4.79 Å². The summed E-state index contributed by atoms with van der Waals surface area (Å²) in [5, 5.41) is 9.76. The smallest absolute Gasteiger partial charge is 0.166 e. The van der Waals surface area contributed by atoms with Crippen LogP contribution in [0.25, 0.3) is 6.08 Å². The number of rotatable bonds is 9. The minimum absolute atomic E-state index is 0.0185. The molecule has 0 aliphatic heterocycles. The monoisotopic (exact) mass is 502 g/mol. The van der Waals surface area contributed by atoms with E-state index in [9.17, 15) is 4.79 Å². The van der Waals surface area contributed by atoms with Gasteiger partial charge in [0.15, 0.2) is 5.78 Å². The number of allylic oxidation sites excluding steroid dienone is 2. The number of carbonyl (C=O) groups excluding carboxylic acids is 1. The van der Waals surface area contributed by atoms with E-state index in [0.29, 0.717) is 9.93 Å². The first-order chi connectivity index (χ1) is 16.0. The third kappa shape index (κ3) is 14.5. The highest BCUT2D eigenvalue weighted by Gasteiger charge is 2.08. The summed E-state index contributed by atoms with van der Waals surface area (Å²) in [6.07, 6.45) is 6.22. The summed E-state index contributed by atoms with van der Waals surface area (Å²) in [6, 6.07) is 14.2. The molecule has 2 rings (SSSR count). The molecule has 4 heteroatoms. The van der Waals surface area contributed by atoms with Crippen molar-refractivity contribution in [2.24, 2.45) is 5.92 Å². The van der Waals surface area contributed by atoms with Crippen molar-refractivity contribution in [1.29, 1.82) is 0 Å². The van der Waals surface area contributed by atoms with Gasteiger partial charge in [0.05, 0.1) is 4.91 Å². The average Bonchev–Trinajstić information content (AvgIpc) is 2.80. The molecule has 34 heavy (non-hydrogen) atoms. The first kappa shape index (κ1) is 32.2. The van der Waals surface area contributed by atoms with Crippen LogP contribution in [0.15, 0.2) is 58.9 Å². The van der Waals surface area contributed by atoms with Crippen molar-refractivity contribution in [3.8, 4) is 0 Å². The third-order valence-corrected chi connectivity index (χ3v) is 6.48. The number of halogens is 1. The molecule has 0 saturated carbocycles. The number of aliphatic hydroxyl groups is 1. The van der Waals surface area contributed by atoms with Gasteiger partial charge in [-0.25, -0.2) is 0 Å². The summed E-state index contributed by atoms with van der Waals surface area (Å²) in [7, 11) is 0. The van der Waals surface area contributed by atoms with Crippen molar-refractivity contribution in [2.45, 2.75) is 74.1 Å². The van der Waals surface area contributed by atoms with E-state index in [-0.39, 0.29) is 18.3 Å². The SMILES string of the molecule is C=C(C)S/C(=C\c1ccc(CCC(C)CO)c(Cl)c1)C(C)=O.CCCC.Cc1ccccc1C. The van der Waals surface area contributed by atoms with Crippen molar-refractivity contribution < 1.29 is 9.90 Å². The molecule has 2 nitrogen and oxygen atoms in total. The fourth-order valence-electron chi connectivity index (χ4n) is 2.55. The normalized spacial score (nSPS) is 11.5. The molecule has 1 unspecified atom stereocenters. The number of thioether (sulfide) groups is 1. The van der Waals surface area contributed by atoms with Gasteiger partial charge in [-0.05, 0) is 85.8 Å². The molecule has 0 aliphatic rings. The lowest BCUT2D eigenvalue weighted by Crippen LogP contribution is -2.02. The first-order valence-corrected chi connectivity index (χ1v) is 13.2. The van der Waals surface area contributed by atoms with Crippen LogP contribution in [-0.4, -0.2) is 17.5 Å². The van der Waals surface area contributed by atoms with Gasteiger partial charge < -0.3 is 5.11 Å². The van der Waals surface area contributed by atoms with Crippen LogP contribution >= 0.6 is 23.4 Å². The standard InChI is InChI=1S/C18H23ClO2S.C8H10.C4H10/c1-12(2)22-18(14(4)21)10-15-6-8-16(17(19)9-15)7-5-13(3)11-20;1-7-5-3-4-6-8(7)2;1-3-4-2/h6,8-10,13,20H,1,5,7,11H2,2-4H3;3-6H,1-2H3;3-4H2,1-2H3/b18-10-;;. The predicted octanol–water partition coefficient (Wildman–Crippen LogP) is 9.21. The summed E-state index contributed by atoms with van der Waals surface area (Å²) in [5.41, 5.74) is 4.71. The Morgan fingerprint density at radius 1 is 1.09 bits per heavy atom. The van der Waals surface area contributed by atoms with Gasteiger partial charge in [0, 0.05) is 11.6 Å². The zero-order valence-electron chi connectivity index (χ0n) is 22.1. The maximum absolute atomic E-state index is 11.7. The zero-order valence-corrected chi connectivity index (χ0v) is 23.7. The van der Waals surface area contributed by atoms with E-state index in [4.69, 9.17) is 16.7 Å². The van der Waals surface area contributed by atoms with Crippen molar-refractivity contribution in [1.82, 2.24) is 0 Å². The lowest BCUT2D eigenvalue weighted by atomic mass is 10.0. The fraction of sp³-hybridized carbons (Fsp3) is 0.433. The minimum atomic E-state index is 0.0185. The number of ketones is 1. The molecule has 0 heterocycles. The van der Waals surface area contributed by atoms with E-state index < -0.39 is 0 Å². The average molecular weight is 503 g/mol. The van der Waals surface area contributed by atoms with Crippen LogP contribution in [0.5, 0.6) is 0 Å². The highest BCUT2D eigenvalue weighted by atomic mass is 35.5. The van der Waals surface area contributed by atoms with Gasteiger partial charge in [-0.1, -0.05) is 100.0 Å². The number of aryl methyl sites for hydroxylation is 3. The topological polar surface area (TPSA) is 37.3 Å². The molecule has 1 atom stereocenters. The molecule has 0 aromatic heterocycles. The predicted molar refractivity (Wildman–Crippen MR) is 154 cm³/mol. The number of Topliss-reactive ketones (excluding diaryl/α,β-unsaturated/α-hetero) is 1. The Bertz CT molecular complexity index is 895. The van der Waals surface area contributed by atoms with Crippen LogP contribution in [0.2, 0.25) is 5.02 Å². The van der Waals surface area contributed by atoms with E-state index >= 15 is 0 Å². The molecule has 0 fully saturated rings. The highest BCUT2D eigenvalue weighted by molar-refractivity contribution is 8.07. The van der Waals surface area contributed by atoms with Crippen molar-refractivity contribution in [3.05, 3.63) is 86.1 Å². The zero-order chi connectivity index (χ0) is 26.1. The summed E-state index contributed by atoms with van der Waals surface area (Å²) in [5.74, 6) is 0.289. The molecular formula is C30H43ClO2S. The Hall–Kier alpha value is -1.81. The summed E-state index contributed by atoms with van der Waals surface area (Å²) in [6.45, 7) is 18.1. The van der Waals surface area contributed by atoms with E-state index in [0.717, 1.165) is 28.9 Å². The lowest BCUT2D eigenvalue weighted by molar-refractivity contribution is -0.112. The van der Waals surface area contributed by atoms with Crippen molar-refractivity contribution >= 4 is 35.2 Å². The Kier molecular flexibility index (Phi) is 17.5. The Balaban J connectivity index is 0.000000740. The van der Waals surface area contributed by atoms with Gasteiger partial charge in [-0.2, -0.15) is 0 Å². The van der Waals surface area contributed by atoms with Gasteiger partial charge in [0.1, 0.15) is 0 Å². The number of hydrogen-bond acceptors (Lipinski definition) is 3. The van der Waals surface area contributed by atoms with E-state index in [1.807, 2.05) is 38.1 Å². The number of unbranched alkanes of at least 4 members (excludes halogenated alkanes) is 1. The number of benzene rings is 2. The van der Waals surface area contributed by atoms with Crippen LogP contribution < -0.4 is 0 Å². The summed E-state index contributed by atoms with van der Waals surface area (Å²) < 4.78 is 0. The van der Waals surface area contributed by atoms with E-state index in [1.54, 1.807) is 6.92 Å². The Labute approximate surface area is 217 Å². The fourth-order valence-corrected chi connectivity index (χ4v) is 3.55.